The molecule has 0 aliphatic rings. The minimum absolute atomic E-state index is 0.0793. The van der Waals surface area contributed by atoms with Gasteiger partial charge in [0.1, 0.15) is 11.5 Å². The zero-order valence-electron chi connectivity index (χ0n) is 12.0. The lowest BCUT2D eigenvalue weighted by molar-refractivity contribution is 0.102. The summed E-state index contributed by atoms with van der Waals surface area (Å²) in [5.74, 6) is -0.731. The predicted molar refractivity (Wildman–Crippen MR) is 82.8 cm³/mol. The Balaban J connectivity index is 2.05. The number of carbonyl (C=O) groups is 1. The van der Waals surface area contributed by atoms with E-state index < -0.39 is 5.91 Å². The molecule has 21 heavy (non-hydrogen) atoms. The monoisotopic (exact) mass is 285 g/mol. The van der Waals surface area contributed by atoms with Crippen LogP contribution in [-0.4, -0.2) is 16.1 Å². The molecule has 0 unspecified atom stereocenters. The van der Waals surface area contributed by atoms with Gasteiger partial charge in [0.2, 0.25) is 0 Å². The number of rotatable bonds is 5. The van der Waals surface area contributed by atoms with E-state index in [1.165, 1.54) is 17.7 Å². The number of hydrogen-bond donors (Lipinski definition) is 3. The van der Waals surface area contributed by atoms with E-state index in [9.17, 15) is 15.0 Å². The summed E-state index contributed by atoms with van der Waals surface area (Å²) in [5, 5.41) is 21.6. The molecule has 0 radical (unpaired) electrons. The van der Waals surface area contributed by atoms with Crippen molar-refractivity contribution < 1.29 is 15.0 Å². The number of phenols is 2. The fraction of sp³-hybridized carbons (Fsp3) is 0.235. The van der Waals surface area contributed by atoms with E-state index in [4.69, 9.17) is 0 Å². The Morgan fingerprint density at radius 1 is 1.10 bits per heavy atom. The summed E-state index contributed by atoms with van der Waals surface area (Å²) < 4.78 is 0. The molecule has 0 heterocycles. The molecule has 4 nitrogen and oxygen atoms in total. The normalized spacial score (nSPS) is 10.3. The number of amides is 1. The van der Waals surface area contributed by atoms with Crippen LogP contribution in [0.25, 0.3) is 0 Å². The molecular formula is C17H19NO3. The number of anilines is 1. The fourth-order valence-electron chi connectivity index (χ4n) is 2.05. The smallest absolute Gasteiger partial charge is 0.259 e. The van der Waals surface area contributed by atoms with E-state index in [-0.39, 0.29) is 17.1 Å². The number of hydrogen-bond acceptors (Lipinski definition) is 3. The molecule has 2 rings (SSSR count). The summed E-state index contributed by atoms with van der Waals surface area (Å²) in [6.45, 7) is 2.15. The van der Waals surface area contributed by atoms with Crippen molar-refractivity contribution in [3.63, 3.8) is 0 Å². The predicted octanol–water partition coefficient (Wildman–Crippen LogP) is 3.69. The van der Waals surface area contributed by atoms with Gasteiger partial charge in [-0.3, -0.25) is 4.79 Å². The number of unbranched alkanes of at least 4 members (excludes halogenated alkanes) is 1. The van der Waals surface area contributed by atoms with E-state index >= 15 is 0 Å². The molecule has 1 amide bonds. The Kier molecular flexibility index (Phi) is 4.82. The van der Waals surface area contributed by atoms with E-state index in [1.54, 1.807) is 0 Å². The maximum atomic E-state index is 12.1. The van der Waals surface area contributed by atoms with Gasteiger partial charge in [-0.25, -0.2) is 0 Å². The minimum atomic E-state index is -0.409. The van der Waals surface area contributed by atoms with Gasteiger partial charge in [-0.1, -0.05) is 25.5 Å². The zero-order valence-corrected chi connectivity index (χ0v) is 12.0. The molecule has 0 bridgehead atoms. The van der Waals surface area contributed by atoms with Crippen LogP contribution in [0.5, 0.6) is 11.5 Å². The van der Waals surface area contributed by atoms with E-state index in [0.717, 1.165) is 25.3 Å². The quantitative estimate of drug-likeness (QED) is 0.784. The number of benzene rings is 2. The van der Waals surface area contributed by atoms with Crippen molar-refractivity contribution in [2.45, 2.75) is 26.2 Å². The van der Waals surface area contributed by atoms with Crippen LogP contribution < -0.4 is 5.32 Å². The summed E-state index contributed by atoms with van der Waals surface area (Å²) in [6.07, 6.45) is 3.33. The lowest BCUT2D eigenvalue weighted by Crippen LogP contribution is -2.11. The Bertz CT molecular complexity index is 620. The van der Waals surface area contributed by atoms with Crippen LogP contribution in [-0.2, 0) is 6.42 Å². The molecule has 2 aromatic carbocycles. The lowest BCUT2D eigenvalue weighted by atomic mass is 10.1. The van der Waals surface area contributed by atoms with Gasteiger partial charge in [0, 0.05) is 11.8 Å². The number of aromatic hydroxyl groups is 2. The summed E-state index contributed by atoms with van der Waals surface area (Å²) in [6, 6.07) is 11.6. The third-order valence-electron chi connectivity index (χ3n) is 3.26. The standard InChI is InChI=1S/C17H19NO3/c1-2-3-4-12-5-7-13(8-6-12)18-17(21)15-10-9-14(19)11-16(15)20/h5-11,19-20H,2-4H2,1H3,(H,18,21). The first-order chi connectivity index (χ1) is 10.1. The van der Waals surface area contributed by atoms with Gasteiger partial charge in [0.15, 0.2) is 0 Å². The molecule has 3 N–H and O–H groups in total. The van der Waals surface area contributed by atoms with Crippen molar-refractivity contribution in [1.82, 2.24) is 0 Å². The molecule has 0 aliphatic heterocycles. The molecule has 0 spiro atoms. The first-order valence-corrected chi connectivity index (χ1v) is 7.02. The number of nitrogens with one attached hydrogen (secondary N) is 1. The van der Waals surface area contributed by atoms with E-state index in [2.05, 4.69) is 12.2 Å². The molecule has 0 atom stereocenters. The van der Waals surface area contributed by atoms with Crippen LogP contribution in [0.2, 0.25) is 0 Å². The summed E-state index contributed by atoms with van der Waals surface area (Å²) >= 11 is 0. The average Bonchev–Trinajstić information content (AvgIpc) is 2.46. The topological polar surface area (TPSA) is 69.6 Å². The van der Waals surface area contributed by atoms with Gasteiger partial charge in [0.25, 0.3) is 5.91 Å². The second-order valence-corrected chi connectivity index (χ2v) is 4.96. The van der Waals surface area contributed by atoms with Gasteiger partial charge in [-0.15, -0.1) is 0 Å². The third-order valence-corrected chi connectivity index (χ3v) is 3.26. The zero-order chi connectivity index (χ0) is 15.2. The molecule has 0 saturated carbocycles. The second-order valence-electron chi connectivity index (χ2n) is 4.96. The highest BCUT2D eigenvalue weighted by atomic mass is 16.3. The minimum Gasteiger partial charge on any atom is -0.508 e. The first-order valence-electron chi connectivity index (χ1n) is 7.02. The van der Waals surface area contributed by atoms with Gasteiger partial charge in [-0.05, 0) is 42.7 Å². The van der Waals surface area contributed by atoms with Gasteiger partial charge in [0.05, 0.1) is 5.56 Å². The SMILES string of the molecule is CCCCc1ccc(NC(=O)c2ccc(O)cc2O)cc1. The van der Waals surface area contributed by atoms with E-state index in [1.807, 2.05) is 24.3 Å². The number of carbonyl (C=O) groups excluding carboxylic acids is 1. The van der Waals surface area contributed by atoms with Crippen molar-refractivity contribution in [3.8, 4) is 11.5 Å². The van der Waals surface area contributed by atoms with Crippen LogP contribution in [0.1, 0.15) is 35.7 Å². The molecule has 110 valence electrons. The van der Waals surface area contributed by atoms with Crippen molar-refractivity contribution in [3.05, 3.63) is 53.6 Å². The Morgan fingerprint density at radius 2 is 1.81 bits per heavy atom. The molecule has 0 fully saturated rings. The first kappa shape index (κ1) is 14.9. The molecule has 0 aliphatic carbocycles. The highest BCUT2D eigenvalue weighted by Gasteiger charge is 2.11. The maximum Gasteiger partial charge on any atom is 0.259 e. The largest absolute Gasteiger partial charge is 0.508 e. The summed E-state index contributed by atoms with van der Waals surface area (Å²) in [7, 11) is 0. The third kappa shape index (κ3) is 3.99. The Morgan fingerprint density at radius 3 is 2.43 bits per heavy atom. The Hall–Kier alpha value is -2.49. The maximum absolute atomic E-state index is 12.1. The van der Waals surface area contributed by atoms with E-state index in [0.29, 0.717) is 5.69 Å². The van der Waals surface area contributed by atoms with Crippen molar-refractivity contribution in [1.29, 1.82) is 0 Å². The molecule has 4 heteroatoms. The lowest BCUT2D eigenvalue weighted by Gasteiger charge is -2.08. The van der Waals surface area contributed by atoms with Gasteiger partial charge >= 0.3 is 0 Å². The van der Waals surface area contributed by atoms with Gasteiger partial charge < -0.3 is 15.5 Å². The molecule has 2 aromatic rings. The highest BCUT2D eigenvalue weighted by molar-refractivity contribution is 6.06. The van der Waals surface area contributed by atoms with Crippen LogP contribution >= 0.6 is 0 Å². The van der Waals surface area contributed by atoms with Crippen LogP contribution in [0, 0.1) is 0 Å². The molecule has 0 saturated heterocycles. The van der Waals surface area contributed by atoms with Gasteiger partial charge in [-0.2, -0.15) is 0 Å². The summed E-state index contributed by atoms with van der Waals surface area (Å²) in [5.41, 5.74) is 2.04. The summed E-state index contributed by atoms with van der Waals surface area (Å²) in [4.78, 5) is 12.1. The fourth-order valence-corrected chi connectivity index (χ4v) is 2.05. The molecular weight excluding hydrogens is 266 g/mol. The van der Waals surface area contributed by atoms with Crippen LogP contribution in [0.4, 0.5) is 5.69 Å². The molecule has 0 aromatic heterocycles. The highest BCUT2D eigenvalue weighted by Crippen LogP contribution is 2.23. The van der Waals surface area contributed by atoms with Crippen molar-refractivity contribution >= 4 is 11.6 Å². The Labute approximate surface area is 124 Å². The second kappa shape index (κ2) is 6.79. The van der Waals surface area contributed by atoms with Crippen LogP contribution in [0.3, 0.4) is 0 Å². The number of phenolic OH excluding ortho intramolecular Hbond substituents is 2. The van der Waals surface area contributed by atoms with Crippen LogP contribution in [0.15, 0.2) is 42.5 Å². The number of aryl methyl sites for hydroxylation is 1. The van der Waals surface area contributed by atoms with Crippen molar-refractivity contribution in [2.24, 2.45) is 0 Å². The average molecular weight is 285 g/mol. The van der Waals surface area contributed by atoms with Crippen molar-refractivity contribution in [2.75, 3.05) is 5.32 Å².